The van der Waals surface area contributed by atoms with Gasteiger partial charge in [-0.05, 0) is 49.9 Å². The summed E-state index contributed by atoms with van der Waals surface area (Å²) in [7, 11) is 0. The average Bonchev–Trinajstić information content (AvgIpc) is 3.31. The fraction of sp³-hybridized carbons (Fsp3) is 0.320. The van der Waals surface area contributed by atoms with Crippen LogP contribution in [0.3, 0.4) is 0 Å². The van der Waals surface area contributed by atoms with Crippen LogP contribution in [0.25, 0.3) is 0 Å². The lowest BCUT2D eigenvalue weighted by Crippen LogP contribution is -2.59. The van der Waals surface area contributed by atoms with Gasteiger partial charge in [-0.3, -0.25) is 29.0 Å². The van der Waals surface area contributed by atoms with Crippen LogP contribution in [0.5, 0.6) is 0 Å². The van der Waals surface area contributed by atoms with E-state index in [-0.39, 0.29) is 5.91 Å². The normalized spacial score (nSPS) is 21.9. The number of ether oxygens (including phenoxy) is 1. The molecule has 1 aliphatic carbocycles. The summed E-state index contributed by atoms with van der Waals surface area (Å²) in [5.41, 5.74) is 0.259. The van der Waals surface area contributed by atoms with E-state index < -0.39 is 48.0 Å². The molecule has 1 fully saturated rings. The second-order valence-electron chi connectivity index (χ2n) is 9.30. The molecule has 2 heterocycles. The van der Waals surface area contributed by atoms with Crippen molar-refractivity contribution in [2.24, 2.45) is 0 Å². The molecule has 0 saturated carbocycles. The van der Waals surface area contributed by atoms with Crippen molar-refractivity contribution < 1.29 is 28.7 Å². The monoisotopic (exact) mass is 476 g/mol. The third-order valence-corrected chi connectivity index (χ3v) is 6.82. The summed E-state index contributed by atoms with van der Waals surface area (Å²) in [6.45, 7) is 1.90. The fourth-order valence-electron chi connectivity index (χ4n) is 5.01. The Morgan fingerprint density at radius 3 is 2.54 bits per heavy atom. The topological polar surface area (TPSA) is 125 Å². The van der Waals surface area contributed by atoms with Crippen LogP contribution in [0.1, 0.15) is 31.4 Å². The number of fused-ring (bicyclic) bond motifs is 3. The van der Waals surface area contributed by atoms with Crippen LogP contribution < -0.4 is 15.5 Å². The standard InChI is InChI=1S/C25H24N4O6/c1-24(2)21(32)26-17-9-5-6-10-18(17)29(24)19(30)14-35-20(31)13-28-22(33)25(27-23(28)34)12-11-15-7-3-4-8-16(15)25/h3-10H,11-14H2,1-2H3,(H,26,32)(H,27,34)/t25-/m1/s1. The van der Waals surface area contributed by atoms with Crippen LogP contribution in [-0.4, -0.2) is 53.3 Å². The van der Waals surface area contributed by atoms with E-state index in [4.69, 9.17) is 4.74 Å². The van der Waals surface area contributed by atoms with Crippen LogP contribution in [0, 0.1) is 0 Å². The van der Waals surface area contributed by atoms with Gasteiger partial charge < -0.3 is 15.4 Å². The van der Waals surface area contributed by atoms with Gasteiger partial charge in [0.25, 0.3) is 11.8 Å². The van der Waals surface area contributed by atoms with Gasteiger partial charge in [0.1, 0.15) is 17.6 Å². The van der Waals surface area contributed by atoms with Gasteiger partial charge in [0.05, 0.1) is 11.4 Å². The van der Waals surface area contributed by atoms with Crippen molar-refractivity contribution in [3.05, 3.63) is 59.7 Å². The molecule has 1 atom stereocenters. The zero-order valence-corrected chi connectivity index (χ0v) is 19.3. The third kappa shape index (κ3) is 3.44. The van der Waals surface area contributed by atoms with Crippen LogP contribution in [0.4, 0.5) is 16.2 Å². The minimum Gasteiger partial charge on any atom is -0.454 e. The number of para-hydroxylation sites is 2. The predicted octanol–water partition coefficient (Wildman–Crippen LogP) is 1.69. The van der Waals surface area contributed by atoms with Gasteiger partial charge in [0.15, 0.2) is 6.61 Å². The van der Waals surface area contributed by atoms with Crippen molar-refractivity contribution in [2.45, 2.75) is 37.8 Å². The number of carbonyl (C=O) groups excluding carboxylic acids is 5. The predicted molar refractivity (Wildman–Crippen MR) is 124 cm³/mol. The van der Waals surface area contributed by atoms with E-state index in [1.807, 2.05) is 12.1 Å². The van der Waals surface area contributed by atoms with E-state index in [1.54, 1.807) is 50.2 Å². The molecule has 3 aliphatic rings. The molecule has 0 radical (unpaired) electrons. The maximum absolute atomic E-state index is 13.2. The SMILES string of the molecule is CC1(C)C(=O)Nc2ccccc2N1C(=O)COC(=O)CN1C(=O)N[C@@]2(CCc3ccccc32)C1=O. The van der Waals surface area contributed by atoms with Crippen molar-refractivity contribution >= 4 is 41.1 Å². The van der Waals surface area contributed by atoms with Gasteiger partial charge in [0.2, 0.25) is 5.91 Å². The van der Waals surface area contributed by atoms with E-state index in [0.29, 0.717) is 24.2 Å². The Kier molecular flexibility index (Phi) is 5.12. The van der Waals surface area contributed by atoms with Gasteiger partial charge in [-0.25, -0.2) is 4.79 Å². The largest absolute Gasteiger partial charge is 0.454 e. The number of amides is 5. The number of anilines is 2. The third-order valence-electron chi connectivity index (χ3n) is 6.82. The van der Waals surface area contributed by atoms with Crippen LogP contribution in [0.15, 0.2) is 48.5 Å². The Hall–Kier alpha value is -4.21. The van der Waals surface area contributed by atoms with E-state index in [9.17, 15) is 24.0 Å². The molecule has 0 unspecified atom stereocenters. The molecule has 180 valence electrons. The number of nitrogens with zero attached hydrogens (tertiary/aromatic N) is 2. The number of hydrogen-bond donors (Lipinski definition) is 2. The van der Waals surface area contributed by atoms with Gasteiger partial charge >= 0.3 is 12.0 Å². The van der Waals surface area contributed by atoms with E-state index >= 15 is 0 Å². The van der Waals surface area contributed by atoms with Gasteiger partial charge in [-0.15, -0.1) is 0 Å². The highest BCUT2D eigenvalue weighted by molar-refractivity contribution is 6.14. The summed E-state index contributed by atoms with van der Waals surface area (Å²) in [5.74, 6) is -2.40. The Bertz CT molecular complexity index is 1290. The molecular formula is C25H24N4O6. The molecule has 35 heavy (non-hydrogen) atoms. The zero-order valence-electron chi connectivity index (χ0n) is 19.3. The minimum absolute atomic E-state index is 0.377. The zero-order chi connectivity index (χ0) is 25.0. The summed E-state index contributed by atoms with van der Waals surface area (Å²) in [6.07, 6.45) is 1.04. The van der Waals surface area contributed by atoms with Gasteiger partial charge in [0, 0.05) is 0 Å². The first kappa shape index (κ1) is 22.6. The lowest BCUT2D eigenvalue weighted by Gasteiger charge is -2.41. The summed E-state index contributed by atoms with van der Waals surface area (Å²) in [6, 6.07) is 13.5. The number of urea groups is 1. The minimum atomic E-state index is -1.22. The number of nitrogens with one attached hydrogen (secondary N) is 2. The number of esters is 1. The van der Waals surface area contributed by atoms with Gasteiger partial charge in [-0.2, -0.15) is 0 Å². The number of carbonyl (C=O) groups is 5. The highest BCUT2D eigenvalue weighted by Gasteiger charge is 2.55. The molecule has 0 aromatic heterocycles. The highest BCUT2D eigenvalue weighted by Crippen LogP contribution is 2.41. The molecule has 2 N–H and O–H groups in total. The maximum Gasteiger partial charge on any atom is 0.326 e. The molecule has 0 bridgehead atoms. The molecule has 2 aromatic rings. The molecule has 5 rings (SSSR count). The number of hydrogen-bond acceptors (Lipinski definition) is 6. The number of imide groups is 1. The second-order valence-corrected chi connectivity index (χ2v) is 9.30. The smallest absolute Gasteiger partial charge is 0.326 e. The average molecular weight is 476 g/mol. The quantitative estimate of drug-likeness (QED) is 0.511. The van der Waals surface area contributed by atoms with Crippen molar-refractivity contribution in [2.75, 3.05) is 23.4 Å². The van der Waals surface area contributed by atoms with Crippen molar-refractivity contribution in [3.63, 3.8) is 0 Å². The second kappa shape index (κ2) is 7.93. The lowest BCUT2D eigenvalue weighted by atomic mass is 9.92. The van der Waals surface area contributed by atoms with E-state index in [0.717, 1.165) is 16.0 Å². The first-order valence-corrected chi connectivity index (χ1v) is 11.3. The first-order chi connectivity index (χ1) is 16.6. The summed E-state index contributed by atoms with van der Waals surface area (Å²) < 4.78 is 5.14. The maximum atomic E-state index is 13.2. The molecule has 10 nitrogen and oxygen atoms in total. The molecule has 1 saturated heterocycles. The van der Waals surface area contributed by atoms with E-state index in [1.165, 1.54) is 4.90 Å². The Morgan fingerprint density at radius 2 is 1.74 bits per heavy atom. The molecule has 10 heteroatoms. The molecule has 5 amide bonds. The molecular weight excluding hydrogens is 452 g/mol. The van der Waals surface area contributed by atoms with Crippen molar-refractivity contribution in [1.82, 2.24) is 10.2 Å². The van der Waals surface area contributed by atoms with Crippen LogP contribution in [0.2, 0.25) is 0 Å². The highest BCUT2D eigenvalue weighted by atomic mass is 16.5. The first-order valence-electron chi connectivity index (χ1n) is 11.3. The van der Waals surface area contributed by atoms with Crippen LogP contribution >= 0.6 is 0 Å². The lowest BCUT2D eigenvalue weighted by molar-refractivity contribution is -0.151. The van der Waals surface area contributed by atoms with Crippen molar-refractivity contribution in [3.8, 4) is 0 Å². The van der Waals surface area contributed by atoms with Crippen LogP contribution in [-0.2, 0) is 35.9 Å². The number of benzene rings is 2. The Labute approximate surface area is 201 Å². The Morgan fingerprint density at radius 1 is 1.03 bits per heavy atom. The molecule has 2 aromatic carbocycles. The fourth-order valence-corrected chi connectivity index (χ4v) is 5.01. The number of aryl methyl sites for hydroxylation is 1. The molecule has 2 aliphatic heterocycles. The van der Waals surface area contributed by atoms with Crippen molar-refractivity contribution in [1.29, 1.82) is 0 Å². The van der Waals surface area contributed by atoms with E-state index in [2.05, 4.69) is 10.6 Å². The number of rotatable bonds is 4. The van der Waals surface area contributed by atoms with Gasteiger partial charge in [-0.1, -0.05) is 36.4 Å². The Balaban J connectivity index is 1.27. The summed E-state index contributed by atoms with van der Waals surface area (Å²) >= 11 is 0. The molecule has 1 spiro atoms. The summed E-state index contributed by atoms with van der Waals surface area (Å²) in [4.78, 5) is 66.0. The summed E-state index contributed by atoms with van der Waals surface area (Å²) in [5, 5.41) is 5.50.